The first-order chi connectivity index (χ1) is 9.99. The molecule has 0 saturated heterocycles. The van der Waals surface area contributed by atoms with E-state index in [1.54, 1.807) is 6.07 Å². The summed E-state index contributed by atoms with van der Waals surface area (Å²) in [6, 6.07) is 7.45. The Morgan fingerprint density at radius 1 is 1.24 bits per heavy atom. The summed E-state index contributed by atoms with van der Waals surface area (Å²) in [5, 5.41) is 3.76. The van der Waals surface area contributed by atoms with Crippen LogP contribution in [0.4, 0.5) is 5.82 Å². The van der Waals surface area contributed by atoms with Gasteiger partial charge >= 0.3 is 0 Å². The minimum atomic E-state index is 0.221. The van der Waals surface area contributed by atoms with Crippen LogP contribution in [0.5, 0.6) is 11.6 Å². The van der Waals surface area contributed by atoms with Crippen molar-refractivity contribution in [2.45, 2.75) is 33.6 Å². The summed E-state index contributed by atoms with van der Waals surface area (Å²) in [5.41, 5.74) is 1.08. The predicted molar refractivity (Wildman–Crippen MR) is 86.5 cm³/mol. The highest BCUT2D eigenvalue weighted by molar-refractivity contribution is 6.32. The third-order valence-electron chi connectivity index (χ3n) is 2.90. The van der Waals surface area contributed by atoms with Crippen LogP contribution < -0.4 is 10.1 Å². The minimum absolute atomic E-state index is 0.221. The summed E-state index contributed by atoms with van der Waals surface area (Å²) in [5.74, 6) is 2.82. The fourth-order valence-corrected chi connectivity index (χ4v) is 1.98. The van der Waals surface area contributed by atoms with Gasteiger partial charge in [-0.25, -0.2) is 4.98 Å². The first kappa shape index (κ1) is 15.6. The average molecular weight is 306 g/mol. The van der Waals surface area contributed by atoms with Gasteiger partial charge in [0.2, 0.25) is 5.88 Å². The molecular formula is C16H20ClN3O. The highest BCUT2D eigenvalue weighted by atomic mass is 35.5. The lowest BCUT2D eigenvalue weighted by atomic mass is 10.2. The predicted octanol–water partition coefficient (Wildman–Crippen LogP) is 4.79. The molecule has 0 saturated carbocycles. The van der Waals surface area contributed by atoms with Crippen LogP contribution in [-0.2, 0) is 0 Å². The van der Waals surface area contributed by atoms with Gasteiger partial charge in [0.1, 0.15) is 17.4 Å². The van der Waals surface area contributed by atoms with Crippen LogP contribution in [0, 0.1) is 6.92 Å². The van der Waals surface area contributed by atoms with E-state index in [4.69, 9.17) is 16.3 Å². The standard InChI is InChI=1S/C16H20ClN3O/c1-5-18-14-9-15(20-16(19-14)10(2)3)21-13-8-11(4)6-7-12(13)17/h6-10H,5H2,1-4H3,(H,18,19,20). The number of hydrogen-bond acceptors (Lipinski definition) is 4. The van der Waals surface area contributed by atoms with E-state index in [1.165, 1.54) is 0 Å². The van der Waals surface area contributed by atoms with Gasteiger partial charge in [0, 0.05) is 18.5 Å². The molecule has 1 heterocycles. The fourth-order valence-electron chi connectivity index (χ4n) is 1.83. The summed E-state index contributed by atoms with van der Waals surface area (Å²) in [7, 11) is 0. The van der Waals surface area contributed by atoms with Gasteiger partial charge in [-0.3, -0.25) is 0 Å². The van der Waals surface area contributed by atoms with Gasteiger partial charge in [0.05, 0.1) is 5.02 Å². The van der Waals surface area contributed by atoms with Gasteiger partial charge in [-0.1, -0.05) is 31.5 Å². The Morgan fingerprint density at radius 3 is 2.67 bits per heavy atom. The van der Waals surface area contributed by atoms with Crippen LogP contribution in [-0.4, -0.2) is 16.5 Å². The molecule has 4 nitrogen and oxygen atoms in total. The molecule has 0 spiro atoms. The number of ether oxygens (including phenoxy) is 1. The second-order valence-electron chi connectivity index (χ2n) is 5.17. The maximum Gasteiger partial charge on any atom is 0.224 e. The van der Waals surface area contributed by atoms with E-state index in [0.29, 0.717) is 16.7 Å². The molecule has 1 aromatic heterocycles. The van der Waals surface area contributed by atoms with Crippen molar-refractivity contribution >= 4 is 17.4 Å². The molecule has 112 valence electrons. The van der Waals surface area contributed by atoms with E-state index >= 15 is 0 Å². The maximum atomic E-state index is 6.17. The highest BCUT2D eigenvalue weighted by Gasteiger charge is 2.11. The number of nitrogens with zero attached hydrogens (tertiary/aromatic N) is 2. The van der Waals surface area contributed by atoms with Gasteiger partial charge in [-0.05, 0) is 31.5 Å². The lowest BCUT2D eigenvalue weighted by molar-refractivity contribution is 0.457. The van der Waals surface area contributed by atoms with Gasteiger partial charge in [-0.2, -0.15) is 4.98 Å². The SMILES string of the molecule is CCNc1cc(Oc2cc(C)ccc2Cl)nc(C(C)C)n1. The first-order valence-electron chi connectivity index (χ1n) is 7.06. The highest BCUT2D eigenvalue weighted by Crippen LogP contribution is 2.30. The zero-order valence-corrected chi connectivity index (χ0v) is 13.5. The Hall–Kier alpha value is -1.81. The van der Waals surface area contributed by atoms with Crippen LogP contribution in [0.2, 0.25) is 5.02 Å². The number of benzene rings is 1. The molecule has 0 atom stereocenters. The number of hydrogen-bond donors (Lipinski definition) is 1. The molecule has 2 rings (SSSR count). The number of halogens is 1. The second-order valence-corrected chi connectivity index (χ2v) is 5.58. The van der Waals surface area contributed by atoms with Gasteiger partial charge < -0.3 is 10.1 Å². The molecule has 0 unspecified atom stereocenters. The summed E-state index contributed by atoms with van der Waals surface area (Å²) < 4.78 is 5.84. The molecule has 1 aromatic carbocycles. The monoisotopic (exact) mass is 305 g/mol. The number of rotatable bonds is 5. The smallest absolute Gasteiger partial charge is 0.224 e. The summed E-state index contributed by atoms with van der Waals surface area (Å²) in [6.45, 7) is 8.91. The van der Waals surface area contributed by atoms with E-state index < -0.39 is 0 Å². The van der Waals surface area contributed by atoms with E-state index in [9.17, 15) is 0 Å². The van der Waals surface area contributed by atoms with Crippen molar-refractivity contribution in [3.8, 4) is 11.6 Å². The lowest BCUT2D eigenvalue weighted by Gasteiger charge is -2.12. The number of aryl methyl sites for hydroxylation is 1. The molecule has 0 aliphatic rings. The first-order valence-corrected chi connectivity index (χ1v) is 7.44. The average Bonchev–Trinajstić information content (AvgIpc) is 2.43. The zero-order valence-electron chi connectivity index (χ0n) is 12.8. The molecule has 5 heteroatoms. The quantitative estimate of drug-likeness (QED) is 0.863. The third-order valence-corrected chi connectivity index (χ3v) is 3.21. The number of nitrogens with one attached hydrogen (secondary N) is 1. The molecule has 0 radical (unpaired) electrons. The second kappa shape index (κ2) is 6.76. The molecule has 21 heavy (non-hydrogen) atoms. The zero-order chi connectivity index (χ0) is 15.4. The third kappa shape index (κ3) is 4.08. The van der Waals surface area contributed by atoms with Crippen LogP contribution in [0.3, 0.4) is 0 Å². The fraction of sp³-hybridized carbons (Fsp3) is 0.375. The van der Waals surface area contributed by atoms with Crippen molar-refractivity contribution in [2.75, 3.05) is 11.9 Å². The Balaban J connectivity index is 2.36. The van der Waals surface area contributed by atoms with Crippen LogP contribution in [0.15, 0.2) is 24.3 Å². The van der Waals surface area contributed by atoms with Crippen molar-refractivity contribution in [1.29, 1.82) is 0 Å². The number of anilines is 1. The van der Waals surface area contributed by atoms with Crippen molar-refractivity contribution in [3.05, 3.63) is 40.7 Å². The van der Waals surface area contributed by atoms with Crippen LogP contribution in [0.1, 0.15) is 38.1 Å². The number of aromatic nitrogens is 2. The summed E-state index contributed by atoms with van der Waals surface area (Å²) >= 11 is 6.17. The van der Waals surface area contributed by atoms with E-state index in [-0.39, 0.29) is 5.92 Å². The van der Waals surface area contributed by atoms with E-state index in [0.717, 1.165) is 23.8 Å². The molecule has 2 aromatic rings. The molecule has 1 N–H and O–H groups in total. The minimum Gasteiger partial charge on any atom is -0.437 e. The Bertz CT molecular complexity index is 629. The van der Waals surface area contributed by atoms with E-state index in [2.05, 4.69) is 29.1 Å². The van der Waals surface area contributed by atoms with Crippen LogP contribution in [0.25, 0.3) is 0 Å². The van der Waals surface area contributed by atoms with Crippen molar-refractivity contribution in [1.82, 2.24) is 9.97 Å². The van der Waals surface area contributed by atoms with Crippen molar-refractivity contribution < 1.29 is 4.74 Å². The lowest BCUT2D eigenvalue weighted by Crippen LogP contribution is -2.06. The maximum absolute atomic E-state index is 6.17. The molecular weight excluding hydrogens is 286 g/mol. The van der Waals surface area contributed by atoms with Crippen molar-refractivity contribution in [2.24, 2.45) is 0 Å². The van der Waals surface area contributed by atoms with Gasteiger partial charge in [-0.15, -0.1) is 0 Å². The largest absolute Gasteiger partial charge is 0.437 e. The Kier molecular flexibility index (Phi) is 5.02. The molecule has 0 aliphatic carbocycles. The summed E-state index contributed by atoms with van der Waals surface area (Å²) in [6.07, 6.45) is 0. The molecule has 0 bridgehead atoms. The molecule has 0 aliphatic heterocycles. The van der Waals surface area contributed by atoms with E-state index in [1.807, 2.05) is 32.0 Å². The molecule has 0 fully saturated rings. The van der Waals surface area contributed by atoms with Crippen molar-refractivity contribution in [3.63, 3.8) is 0 Å². The normalized spacial score (nSPS) is 10.8. The van der Waals surface area contributed by atoms with Gasteiger partial charge in [0.25, 0.3) is 0 Å². The Morgan fingerprint density at radius 2 is 2.00 bits per heavy atom. The Labute approximate surface area is 130 Å². The summed E-state index contributed by atoms with van der Waals surface area (Å²) in [4.78, 5) is 8.92. The molecule has 0 amide bonds. The van der Waals surface area contributed by atoms with Gasteiger partial charge in [0.15, 0.2) is 0 Å². The van der Waals surface area contributed by atoms with Crippen LogP contribution >= 0.6 is 11.6 Å². The topological polar surface area (TPSA) is 47.0 Å².